The Morgan fingerprint density at radius 2 is 0.886 bits per heavy atom. The molecule has 0 atom stereocenters. The number of allylic oxidation sites excluding steroid dienone is 2. The number of hydrogen-bond acceptors (Lipinski definition) is 4. The van der Waals surface area contributed by atoms with Gasteiger partial charge in [-0.25, -0.2) is 0 Å². The fraction of sp³-hybridized carbons (Fsp3) is 0.0959. The van der Waals surface area contributed by atoms with Crippen LogP contribution in [0.2, 0.25) is 0 Å². The third-order valence-electron chi connectivity index (χ3n) is 17.1. The number of furan rings is 2. The van der Waals surface area contributed by atoms with Crippen LogP contribution in [-0.4, -0.2) is 8.80 Å². The largest absolute Gasteiger partial charge is 0.459 e. The van der Waals surface area contributed by atoms with Gasteiger partial charge in [-0.1, -0.05) is 168 Å². The van der Waals surface area contributed by atoms with Crippen molar-refractivity contribution >= 4 is 149 Å². The first-order chi connectivity index (χ1) is 38.7. The van der Waals surface area contributed by atoms with Crippen LogP contribution in [0.3, 0.4) is 0 Å². The van der Waals surface area contributed by atoms with Crippen molar-refractivity contribution in [3.8, 4) is 0 Å². The molecule has 16 aromatic rings. The molecule has 6 aromatic heterocycles. The maximum absolute atomic E-state index is 6.83. The van der Waals surface area contributed by atoms with Gasteiger partial charge in [-0.2, -0.15) is 0 Å². The second-order valence-corrected chi connectivity index (χ2v) is 22.0. The number of anilines is 6. The van der Waals surface area contributed by atoms with Crippen LogP contribution in [-0.2, 0) is 0 Å². The van der Waals surface area contributed by atoms with E-state index < -0.39 is 0 Å². The molecular formula is C73H54N4O2. The zero-order valence-electron chi connectivity index (χ0n) is 44.7. The van der Waals surface area contributed by atoms with Crippen LogP contribution in [0.4, 0.5) is 34.1 Å². The van der Waals surface area contributed by atoms with Crippen LogP contribution in [0.25, 0.3) is 115 Å². The molecule has 16 rings (SSSR count). The molecule has 10 aromatic carbocycles. The molecule has 0 saturated carbocycles. The number of rotatable bonds is 10. The molecule has 0 amide bonds. The lowest BCUT2D eigenvalue weighted by Gasteiger charge is -2.27. The summed E-state index contributed by atoms with van der Waals surface area (Å²) in [6.07, 6.45) is 5.90. The summed E-state index contributed by atoms with van der Waals surface area (Å²) < 4.78 is 18.7. The molecule has 6 heterocycles. The number of aromatic nitrogens is 2. The highest BCUT2D eigenvalue weighted by Crippen LogP contribution is 2.53. The van der Waals surface area contributed by atoms with E-state index in [1.165, 1.54) is 87.3 Å². The van der Waals surface area contributed by atoms with Gasteiger partial charge in [0, 0.05) is 76.2 Å². The smallest absolute Gasteiger partial charge is 0.159 e. The third-order valence-corrected chi connectivity index (χ3v) is 17.1. The SMILES string of the molecule is C=C/C=C\c1c(C)oc2c(N(c3ccc(C(C)C)cc3)c3ccc4c5cc6c(cc5n5c7ccccc7c3c45)c3ccc(N(c4ccc(C(C)C)cc4)c4cccc5c4oc4ccccc45)c4c5ccccc5n6c34)cccc12. The van der Waals surface area contributed by atoms with E-state index >= 15 is 0 Å². The molecule has 378 valence electrons. The molecule has 0 aliphatic heterocycles. The Morgan fingerprint density at radius 3 is 1.41 bits per heavy atom. The van der Waals surface area contributed by atoms with Crippen molar-refractivity contribution in [1.82, 2.24) is 8.80 Å². The Labute approximate surface area is 456 Å². The number of nitrogens with zero attached hydrogens (tertiary/aromatic N) is 4. The van der Waals surface area contributed by atoms with Crippen molar-refractivity contribution in [2.75, 3.05) is 9.80 Å². The Hall–Kier alpha value is -9.78. The van der Waals surface area contributed by atoms with Crippen LogP contribution in [0, 0.1) is 6.92 Å². The molecule has 6 heteroatoms. The van der Waals surface area contributed by atoms with Crippen LogP contribution >= 0.6 is 0 Å². The monoisotopic (exact) mass is 1020 g/mol. The third kappa shape index (κ3) is 6.34. The maximum atomic E-state index is 6.83. The summed E-state index contributed by atoms with van der Waals surface area (Å²) >= 11 is 0. The van der Waals surface area contributed by atoms with E-state index in [1.54, 1.807) is 0 Å². The second-order valence-electron chi connectivity index (χ2n) is 22.0. The summed E-state index contributed by atoms with van der Waals surface area (Å²) in [4.78, 5) is 4.85. The molecule has 0 fully saturated rings. The Balaban J connectivity index is 0.966. The first kappa shape index (κ1) is 45.4. The molecule has 0 aliphatic carbocycles. The van der Waals surface area contributed by atoms with Gasteiger partial charge in [0.1, 0.15) is 11.3 Å². The van der Waals surface area contributed by atoms with Crippen molar-refractivity contribution in [2.45, 2.75) is 46.5 Å². The highest BCUT2D eigenvalue weighted by Gasteiger charge is 2.30. The molecule has 0 bridgehead atoms. The topological polar surface area (TPSA) is 41.6 Å². The van der Waals surface area contributed by atoms with E-state index in [-0.39, 0.29) is 0 Å². The predicted octanol–water partition coefficient (Wildman–Crippen LogP) is 21.3. The van der Waals surface area contributed by atoms with Gasteiger partial charge >= 0.3 is 0 Å². The molecule has 0 saturated heterocycles. The second kappa shape index (κ2) is 16.9. The zero-order valence-corrected chi connectivity index (χ0v) is 44.7. The van der Waals surface area contributed by atoms with Crippen molar-refractivity contribution in [3.63, 3.8) is 0 Å². The predicted molar refractivity (Wildman–Crippen MR) is 334 cm³/mol. The summed E-state index contributed by atoms with van der Waals surface area (Å²) in [6, 6.07) is 71.9. The maximum Gasteiger partial charge on any atom is 0.159 e. The quantitative estimate of drug-likeness (QED) is 0.128. The molecule has 0 aliphatic rings. The lowest BCUT2D eigenvalue weighted by atomic mass is 10.0. The van der Waals surface area contributed by atoms with Crippen LogP contribution in [0.5, 0.6) is 0 Å². The van der Waals surface area contributed by atoms with E-state index in [0.29, 0.717) is 11.8 Å². The molecule has 0 N–H and O–H groups in total. The first-order valence-electron chi connectivity index (χ1n) is 27.6. The van der Waals surface area contributed by atoms with Gasteiger partial charge in [0.05, 0.1) is 55.8 Å². The molecule has 6 nitrogen and oxygen atoms in total. The summed E-state index contributed by atoms with van der Waals surface area (Å²) in [5.41, 5.74) is 19.7. The van der Waals surface area contributed by atoms with Crippen molar-refractivity contribution in [2.24, 2.45) is 0 Å². The van der Waals surface area contributed by atoms with Gasteiger partial charge in [0.2, 0.25) is 0 Å². The molecule has 79 heavy (non-hydrogen) atoms. The van der Waals surface area contributed by atoms with E-state index in [9.17, 15) is 0 Å². The number of fused-ring (bicyclic) bond motifs is 16. The minimum atomic E-state index is 0.400. The summed E-state index contributed by atoms with van der Waals surface area (Å²) in [7, 11) is 0. The highest BCUT2D eigenvalue weighted by molar-refractivity contribution is 6.32. The fourth-order valence-electron chi connectivity index (χ4n) is 13.4. The number of para-hydroxylation sites is 5. The molecule has 0 unspecified atom stereocenters. The standard InChI is InChI=1S/C73H54N4O2/c1-7-8-17-49-44(6)78-72-53(49)21-15-25-63(72)74(47-32-28-45(29-33-47)42(2)3)61-38-36-51-57-40-66-58(41-65(57)76-59-23-12-9-19-55(59)68(61)70(51)76)52-37-39-62(69-56-20-10-13-24-60(56)77(66)71(52)69)75(48-34-30-46(31-35-48)43(4)5)64-26-16-22-54-50-18-11-14-27-67(50)79-73(54)64/h7-43H,1H2,2-6H3/b17-8-. The van der Waals surface area contributed by atoms with Gasteiger partial charge in [-0.05, 0) is 109 Å². The zero-order chi connectivity index (χ0) is 52.9. The minimum absolute atomic E-state index is 0.400. The summed E-state index contributed by atoms with van der Waals surface area (Å²) in [5.74, 6) is 1.67. The van der Waals surface area contributed by atoms with Gasteiger partial charge in [0.25, 0.3) is 0 Å². The molecule has 0 radical (unpaired) electrons. The Bertz CT molecular complexity index is 5180. The van der Waals surface area contributed by atoms with Gasteiger partial charge in [-0.3, -0.25) is 0 Å². The van der Waals surface area contributed by atoms with Gasteiger partial charge < -0.3 is 27.4 Å². The average molecular weight is 1020 g/mol. The Kier molecular flexibility index (Phi) is 9.69. The van der Waals surface area contributed by atoms with Crippen LogP contribution < -0.4 is 9.80 Å². The van der Waals surface area contributed by atoms with E-state index in [4.69, 9.17) is 8.83 Å². The van der Waals surface area contributed by atoms with Crippen molar-refractivity contribution in [1.29, 1.82) is 0 Å². The van der Waals surface area contributed by atoms with E-state index in [0.717, 1.165) is 78.4 Å². The molecular weight excluding hydrogens is 965 g/mol. The average Bonchev–Trinajstić information content (AvgIpc) is 3.01. The van der Waals surface area contributed by atoms with Gasteiger partial charge in [-0.15, -0.1) is 0 Å². The lowest BCUT2D eigenvalue weighted by Crippen LogP contribution is -2.11. The van der Waals surface area contributed by atoms with E-state index in [1.807, 2.05) is 12.2 Å². The Morgan fingerprint density at radius 1 is 0.418 bits per heavy atom. The molecule has 0 spiro atoms. The lowest BCUT2D eigenvalue weighted by molar-refractivity contribution is 0.578. The fourth-order valence-corrected chi connectivity index (χ4v) is 13.4. The normalized spacial score (nSPS) is 12.6. The number of aryl methyl sites for hydroxylation is 1. The van der Waals surface area contributed by atoms with Crippen LogP contribution in [0.1, 0.15) is 62.0 Å². The van der Waals surface area contributed by atoms with E-state index in [2.05, 4.69) is 260 Å². The van der Waals surface area contributed by atoms with Crippen LogP contribution in [0.15, 0.2) is 222 Å². The summed E-state index contributed by atoms with van der Waals surface area (Å²) in [5, 5.41) is 12.9. The number of hydrogen-bond donors (Lipinski definition) is 0. The summed E-state index contributed by atoms with van der Waals surface area (Å²) in [6.45, 7) is 15.0. The van der Waals surface area contributed by atoms with Crippen molar-refractivity contribution < 1.29 is 8.83 Å². The van der Waals surface area contributed by atoms with Gasteiger partial charge in [0.15, 0.2) is 11.2 Å². The minimum Gasteiger partial charge on any atom is -0.459 e. The number of benzene rings is 10. The van der Waals surface area contributed by atoms with Crippen molar-refractivity contribution in [3.05, 3.63) is 235 Å². The first-order valence-corrected chi connectivity index (χ1v) is 27.6. The highest BCUT2D eigenvalue weighted by atomic mass is 16.3.